The van der Waals surface area contributed by atoms with E-state index in [0.29, 0.717) is 13.0 Å². The summed E-state index contributed by atoms with van der Waals surface area (Å²) in [5.41, 5.74) is 1.10. The third-order valence-corrected chi connectivity index (χ3v) is 4.04. The SMILES string of the molecule is COc1ccc2cc(CNC(=O)CC3CCCO3)ccc2c1. The minimum absolute atomic E-state index is 0.0572. The van der Waals surface area contributed by atoms with E-state index >= 15 is 0 Å². The first-order valence-corrected chi connectivity index (χ1v) is 7.69. The van der Waals surface area contributed by atoms with Crippen LogP contribution in [0.25, 0.3) is 10.8 Å². The summed E-state index contributed by atoms with van der Waals surface area (Å²) in [6, 6.07) is 12.2. The molecule has 0 aliphatic carbocycles. The van der Waals surface area contributed by atoms with Gasteiger partial charge in [0.2, 0.25) is 5.91 Å². The number of fused-ring (bicyclic) bond motifs is 1. The van der Waals surface area contributed by atoms with Crippen molar-refractivity contribution in [2.24, 2.45) is 0 Å². The Kier molecular flexibility index (Phi) is 4.59. The van der Waals surface area contributed by atoms with E-state index in [1.807, 2.05) is 24.3 Å². The van der Waals surface area contributed by atoms with Gasteiger partial charge in [-0.25, -0.2) is 0 Å². The summed E-state index contributed by atoms with van der Waals surface area (Å²) >= 11 is 0. The lowest BCUT2D eigenvalue weighted by atomic mass is 10.1. The summed E-state index contributed by atoms with van der Waals surface area (Å²) in [5, 5.41) is 5.25. The Hall–Kier alpha value is -2.07. The van der Waals surface area contributed by atoms with Crippen molar-refractivity contribution in [3.8, 4) is 5.75 Å². The van der Waals surface area contributed by atoms with Gasteiger partial charge in [0.1, 0.15) is 5.75 Å². The second-order valence-corrected chi connectivity index (χ2v) is 5.66. The minimum Gasteiger partial charge on any atom is -0.497 e. The van der Waals surface area contributed by atoms with Gasteiger partial charge in [-0.3, -0.25) is 4.79 Å². The number of benzene rings is 2. The fourth-order valence-electron chi connectivity index (χ4n) is 2.80. The van der Waals surface area contributed by atoms with Gasteiger partial charge in [-0.15, -0.1) is 0 Å². The van der Waals surface area contributed by atoms with E-state index in [2.05, 4.69) is 17.4 Å². The van der Waals surface area contributed by atoms with Crippen LogP contribution in [-0.4, -0.2) is 25.7 Å². The third kappa shape index (κ3) is 3.57. The van der Waals surface area contributed by atoms with Crippen molar-refractivity contribution in [1.82, 2.24) is 5.32 Å². The van der Waals surface area contributed by atoms with Gasteiger partial charge in [0.25, 0.3) is 0 Å². The van der Waals surface area contributed by atoms with Crippen LogP contribution in [0.2, 0.25) is 0 Å². The molecule has 1 aliphatic heterocycles. The number of rotatable bonds is 5. The molecule has 2 aromatic rings. The fraction of sp³-hybridized carbons (Fsp3) is 0.389. The number of nitrogens with one attached hydrogen (secondary N) is 1. The first-order chi connectivity index (χ1) is 10.7. The number of ether oxygens (including phenoxy) is 2. The van der Waals surface area contributed by atoms with Crippen LogP contribution < -0.4 is 10.1 Å². The van der Waals surface area contributed by atoms with E-state index in [1.54, 1.807) is 7.11 Å². The van der Waals surface area contributed by atoms with Gasteiger partial charge in [-0.1, -0.05) is 18.2 Å². The second kappa shape index (κ2) is 6.79. The molecule has 3 rings (SSSR count). The molecule has 0 bridgehead atoms. The van der Waals surface area contributed by atoms with Crippen molar-refractivity contribution in [2.75, 3.05) is 13.7 Å². The largest absolute Gasteiger partial charge is 0.497 e. The van der Waals surface area contributed by atoms with E-state index in [0.717, 1.165) is 41.5 Å². The summed E-state index contributed by atoms with van der Waals surface area (Å²) in [5.74, 6) is 0.909. The smallest absolute Gasteiger partial charge is 0.222 e. The molecule has 0 radical (unpaired) electrons. The van der Waals surface area contributed by atoms with Crippen LogP contribution in [0.5, 0.6) is 5.75 Å². The molecule has 0 saturated carbocycles. The average molecular weight is 299 g/mol. The Morgan fingerprint density at radius 2 is 2.09 bits per heavy atom. The number of hydrogen-bond acceptors (Lipinski definition) is 3. The molecule has 22 heavy (non-hydrogen) atoms. The molecule has 1 aliphatic rings. The van der Waals surface area contributed by atoms with Gasteiger partial charge >= 0.3 is 0 Å². The van der Waals surface area contributed by atoms with Gasteiger partial charge in [0, 0.05) is 13.2 Å². The van der Waals surface area contributed by atoms with Crippen LogP contribution in [-0.2, 0) is 16.1 Å². The maximum atomic E-state index is 11.9. The van der Waals surface area contributed by atoms with Crippen molar-refractivity contribution in [1.29, 1.82) is 0 Å². The van der Waals surface area contributed by atoms with E-state index in [9.17, 15) is 4.79 Å². The molecule has 1 saturated heterocycles. The normalized spacial score (nSPS) is 17.6. The van der Waals surface area contributed by atoms with E-state index in [1.165, 1.54) is 0 Å². The van der Waals surface area contributed by atoms with Crippen molar-refractivity contribution >= 4 is 16.7 Å². The van der Waals surface area contributed by atoms with Gasteiger partial charge in [0.05, 0.1) is 19.6 Å². The molecule has 1 N–H and O–H groups in total. The summed E-state index contributed by atoms with van der Waals surface area (Å²) in [7, 11) is 1.67. The first-order valence-electron chi connectivity index (χ1n) is 7.69. The van der Waals surface area contributed by atoms with Gasteiger partial charge in [-0.05, 0) is 47.4 Å². The first kappa shape index (κ1) is 14.9. The zero-order chi connectivity index (χ0) is 15.4. The number of methoxy groups -OCH3 is 1. The van der Waals surface area contributed by atoms with Crippen molar-refractivity contribution < 1.29 is 14.3 Å². The summed E-state index contributed by atoms with van der Waals surface area (Å²) in [6.45, 7) is 1.33. The molecule has 2 aromatic carbocycles. The lowest BCUT2D eigenvalue weighted by molar-refractivity contribution is -0.123. The Morgan fingerprint density at radius 3 is 2.86 bits per heavy atom. The number of carbonyl (C=O) groups excluding carboxylic acids is 1. The molecule has 1 heterocycles. The van der Waals surface area contributed by atoms with Gasteiger partial charge < -0.3 is 14.8 Å². The summed E-state index contributed by atoms with van der Waals surface area (Å²) in [6.07, 6.45) is 2.62. The van der Waals surface area contributed by atoms with E-state index in [-0.39, 0.29) is 12.0 Å². The molecule has 1 unspecified atom stereocenters. The lowest BCUT2D eigenvalue weighted by Gasteiger charge is -2.10. The Balaban J connectivity index is 1.60. The van der Waals surface area contributed by atoms with Crippen LogP contribution in [0.1, 0.15) is 24.8 Å². The standard InChI is InChI=1S/C18H21NO3/c1-21-16-7-6-14-9-13(4-5-15(14)10-16)12-19-18(20)11-17-3-2-8-22-17/h4-7,9-10,17H,2-3,8,11-12H2,1H3,(H,19,20). The Labute approximate surface area is 130 Å². The van der Waals surface area contributed by atoms with E-state index < -0.39 is 0 Å². The van der Waals surface area contributed by atoms with Crippen LogP contribution in [0, 0.1) is 0 Å². The lowest BCUT2D eigenvalue weighted by Crippen LogP contribution is -2.26. The van der Waals surface area contributed by atoms with Crippen molar-refractivity contribution in [3.63, 3.8) is 0 Å². The van der Waals surface area contributed by atoms with Crippen LogP contribution in [0.3, 0.4) is 0 Å². The Morgan fingerprint density at radius 1 is 1.27 bits per heavy atom. The molecule has 0 spiro atoms. The monoisotopic (exact) mass is 299 g/mol. The summed E-state index contributed by atoms with van der Waals surface area (Å²) in [4.78, 5) is 11.9. The second-order valence-electron chi connectivity index (χ2n) is 5.66. The molecule has 1 atom stereocenters. The summed E-state index contributed by atoms with van der Waals surface area (Å²) < 4.78 is 10.7. The van der Waals surface area contributed by atoms with Crippen LogP contribution in [0.4, 0.5) is 0 Å². The third-order valence-electron chi connectivity index (χ3n) is 4.04. The maximum absolute atomic E-state index is 11.9. The van der Waals surface area contributed by atoms with Crippen LogP contribution in [0.15, 0.2) is 36.4 Å². The molecular formula is C18H21NO3. The molecule has 1 fully saturated rings. The highest BCUT2D eigenvalue weighted by molar-refractivity contribution is 5.84. The highest BCUT2D eigenvalue weighted by Gasteiger charge is 2.18. The maximum Gasteiger partial charge on any atom is 0.222 e. The predicted octanol–water partition coefficient (Wildman–Crippen LogP) is 3.03. The van der Waals surface area contributed by atoms with Crippen LogP contribution >= 0.6 is 0 Å². The van der Waals surface area contributed by atoms with E-state index in [4.69, 9.17) is 9.47 Å². The molecular weight excluding hydrogens is 278 g/mol. The quantitative estimate of drug-likeness (QED) is 0.923. The number of amides is 1. The number of hydrogen-bond donors (Lipinski definition) is 1. The van der Waals surface area contributed by atoms with Crippen molar-refractivity contribution in [2.45, 2.75) is 31.9 Å². The minimum atomic E-state index is 0.0572. The topological polar surface area (TPSA) is 47.6 Å². The fourth-order valence-corrected chi connectivity index (χ4v) is 2.80. The molecule has 1 amide bonds. The van der Waals surface area contributed by atoms with Gasteiger partial charge in [0.15, 0.2) is 0 Å². The number of carbonyl (C=O) groups is 1. The average Bonchev–Trinajstić information content (AvgIpc) is 3.05. The molecule has 116 valence electrons. The highest BCUT2D eigenvalue weighted by atomic mass is 16.5. The van der Waals surface area contributed by atoms with Gasteiger partial charge in [-0.2, -0.15) is 0 Å². The molecule has 4 heteroatoms. The zero-order valence-corrected chi connectivity index (χ0v) is 12.8. The predicted molar refractivity (Wildman–Crippen MR) is 85.9 cm³/mol. The Bertz CT molecular complexity index is 662. The molecule has 4 nitrogen and oxygen atoms in total. The van der Waals surface area contributed by atoms with Crippen molar-refractivity contribution in [3.05, 3.63) is 42.0 Å². The zero-order valence-electron chi connectivity index (χ0n) is 12.8. The molecule has 0 aromatic heterocycles. The highest BCUT2D eigenvalue weighted by Crippen LogP contribution is 2.22.